The number of rotatable bonds is 5. The van der Waals surface area contributed by atoms with Gasteiger partial charge in [-0.3, -0.25) is 9.59 Å². The van der Waals surface area contributed by atoms with Crippen molar-refractivity contribution in [3.63, 3.8) is 0 Å². The van der Waals surface area contributed by atoms with E-state index in [1.54, 1.807) is 0 Å². The van der Waals surface area contributed by atoms with Crippen LogP contribution < -0.4 is 10.2 Å². The molecule has 0 radical (unpaired) electrons. The van der Waals surface area contributed by atoms with Crippen LogP contribution in [0.3, 0.4) is 0 Å². The van der Waals surface area contributed by atoms with Crippen LogP contribution in [0.25, 0.3) is 0 Å². The first-order chi connectivity index (χ1) is 13.7. The van der Waals surface area contributed by atoms with E-state index in [2.05, 4.69) is 24.1 Å². The summed E-state index contributed by atoms with van der Waals surface area (Å²) in [7, 11) is 0. The van der Waals surface area contributed by atoms with Gasteiger partial charge in [-0.05, 0) is 56.9 Å². The first-order valence-corrected chi connectivity index (χ1v) is 11.2. The molecular weight excluding hydrogens is 386 g/mol. The molecule has 1 aliphatic heterocycles. The van der Waals surface area contributed by atoms with Gasteiger partial charge in [0.2, 0.25) is 11.8 Å². The number of anilines is 1. The molecule has 1 heterocycles. The maximum absolute atomic E-state index is 13.3. The highest BCUT2D eigenvalue weighted by atomic mass is 35.5. The summed E-state index contributed by atoms with van der Waals surface area (Å²) in [6.45, 7) is 10.3. The Balaban J connectivity index is 1.68. The summed E-state index contributed by atoms with van der Waals surface area (Å²) in [4.78, 5) is 30.2. The van der Waals surface area contributed by atoms with Gasteiger partial charge in [-0.25, -0.2) is 0 Å². The van der Waals surface area contributed by atoms with Crippen LogP contribution in [0.1, 0.15) is 53.4 Å². The molecule has 1 aromatic rings. The lowest BCUT2D eigenvalue weighted by molar-refractivity contribution is -0.139. The fourth-order valence-electron chi connectivity index (χ4n) is 4.61. The Bertz CT molecular complexity index is 726. The van der Waals surface area contributed by atoms with Gasteiger partial charge in [0.05, 0.1) is 5.54 Å². The van der Waals surface area contributed by atoms with Crippen molar-refractivity contribution in [3.05, 3.63) is 29.3 Å². The molecule has 3 rings (SSSR count). The number of benzene rings is 1. The topological polar surface area (TPSA) is 52.7 Å². The molecule has 1 saturated heterocycles. The van der Waals surface area contributed by atoms with Crippen LogP contribution in [0.15, 0.2) is 24.3 Å². The predicted molar refractivity (Wildman–Crippen MR) is 118 cm³/mol. The van der Waals surface area contributed by atoms with Gasteiger partial charge in [-0.2, -0.15) is 0 Å². The fraction of sp³-hybridized carbons (Fsp3) is 0.652. The zero-order valence-corrected chi connectivity index (χ0v) is 18.8. The molecule has 0 spiro atoms. The Morgan fingerprint density at radius 3 is 2.28 bits per heavy atom. The summed E-state index contributed by atoms with van der Waals surface area (Å²) in [6, 6.07) is 7.40. The van der Waals surface area contributed by atoms with Gasteiger partial charge in [-0.1, -0.05) is 38.3 Å². The summed E-state index contributed by atoms with van der Waals surface area (Å²) in [5.41, 5.74) is 0.903. The lowest BCUT2D eigenvalue weighted by Gasteiger charge is -2.49. The Labute approximate surface area is 179 Å². The summed E-state index contributed by atoms with van der Waals surface area (Å²) < 4.78 is 0. The molecule has 6 heteroatoms. The zero-order chi connectivity index (χ0) is 21.2. The van der Waals surface area contributed by atoms with Crippen molar-refractivity contribution in [2.45, 2.75) is 65.0 Å². The van der Waals surface area contributed by atoms with E-state index >= 15 is 0 Å². The van der Waals surface area contributed by atoms with Gasteiger partial charge in [0, 0.05) is 36.3 Å². The molecule has 5 nitrogen and oxygen atoms in total. The summed E-state index contributed by atoms with van der Waals surface area (Å²) in [5.74, 6) is 0.219. The van der Waals surface area contributed by atoms with Gasteiger partial charge in [0.25, 0.3) is 0 Å². The third-order valence-corrected chi connectivity index (χ3v) is 6.56. The average molecular weight is 420 g/mol. The first-order valence-electron chi connectivity index (χ1n) is 10.8. The zero-order valence-electron chi connectivity index (χ0n) is 18.1. The molecule has 1 saturated carbocycles. The fourth-order valence-corrected chi connectivity index (χ4v) is 4.74. The summed E-state index contributed by atoms with van der Waals surface area (Å²) in [6.07, 6.45) is 4.10. The van der Waals surface area contributed by atoms with Crippen LogP contribution in [-0.4, -0.2) is 47.9 Å². The van der Waals surface area contributed by atoms with Gasteiger partial charge >= 0.3 is 0 Å². The number of nitrogens with zero attached hydrogens (tertiary/aromatic N) is 2. The molecular formula is C23H34ClN3O2. The van der Waals surface area contributed by atoms with Crippen LogP contribution >= 0.6 is 11.6 Å². The SMILES string of the molecule is CC(C)C(NC(=O)C1CCCC1)C(=O)N1CCN(c2ccc(Cl)cc2)C(C)(C)C1. The number of nitrogens with one attached hydrogen (secondary N) is 1. The number of hydrogen-bond acceptors (Lipinski definition) is 3. The standard InChI is InChI=1S/C23H34ClN3O2/c1-16(2)20(25-21(28)17-7-5-6-8-17)22(29)26-13-14-27(23(3,4)15-26)19-11-9-18(24)10-12-19/h9-12,16-17,20H,5-8,13-15H2,1-4H3,(H,25,28). The van der Waals surface area contributed by atoms with E-state index in [0.29, 0.717) is 13.1 Å². The molecule has 1 aliphatic carbocycles. The molecule has 160 valence electrons. The van der Waals surface area contributed by atoms with Crippen molar-refractivity contribution in [2.75, 3.05) is 24.5 Å². The smallest absolute Gasteiger partial charge is 0.245 e. The van der Waals surface area contributed by atoms with Crippen LogP contribution in [0.5, 0.6) is 0 Å². The molecule has 2 aliphatic rings. The van der Waals surface area contributed by atoms with E-state index in [-0.39, 0.29) is 29.2 Å². The number of carbonyl (C=O) groups is 2. The summed E-state index contributed by atoms with van der Waals surface area (Å²) in [5, 5.41) is 3.79. The Kier molecular flexibility index (Phi) is 6.77. The molecule has 0 bridgehead atoms. The average Bonchev–Trinajstić information content (AvgIpc) is 3.20. The lowest BCUT2D eigenvalue weighted by Crippen LogP contribution is -2.63. The minimum Gasteiger partial charge on any atom is -0.363 e. The third-order valence-electron chi connectivity index (χ3n) is 6.31. The number of amides is 2. The molecule has 2 amide bonds. The molecule has 1 atom stereocenters. The Morgan fingerprint density at radius 2 is 1.72 bits per heavy atom. The lowest BCUT2D eigenvalue weighted by atomic mass is 9.95. The minimum absolute atomic E-state index is 0.0372. The minimum atomic E-state index is -0.457. The van der Waals surface area contributed by atoms with Crippen molar-refractivity contribution in [3.8, 4) is 0 Å². The van der Waals surface area contributed by atoms with Crippen molar-refractivity contribution in [1.82, 2.24) is 10.2 Å². The number of hydrogen-bond donors (Lipinski definition) is 1. The molecule has 29 heavy (non-hydrogen) atoms. The monoisotopic (exact) mass is 419 g/mol. The third kappa shape index (κ3) is 5.06. The van der Waals surface area contributed by atoms with Gasteiger partial charge < -0.3 is 15.1 Å². The van der Waals surface area contributed by atoms with Crippen molar-refractivity contribution >= 4 is 29.1 Å². The maximum atomic E-state index is 13.3. The predicted octanol–water partition coefficient (Wildman–Crippen LogP) is 4.10. The highest BCUT2D eigenvalue weighted by molar-refractivity contribution is 6.30. The largest absolute Gasteiger partial charge is 0.363 e. The second kappa shape index (κ2) is 8.95. The van der Waals surface area contributed by atoms with Crippen LogP contribution in [0, 0.1) is 11.8 Å². The van der Waals surface area contributed by atoms with E-state index in [1.165, 1.54) is 0 Å². The van der Waals surface area contributed by atoms with Crippen molar-refractivity contribution in [2.24, 2.45) is 11.8 Å². The number of piperazine rings is 1. The quantitative estimate of drug-likeness (QED) is 0.781. The summed E-state index contributed by atoms with van der Waals surface area (Å²) >= 11 is 6.03. The molecule has 1 aromatic carbocycles. The molecule has 0 aromatic heterocycles. The van der Waals surface area contributed by atoms with Gasteiger partial charge in [0.1, 0.15) is 6.04 Å². The van der Waals surface area contributed by atoms with E-state index in [4.69, 9.17) is 11.6 Å². The van der Waals surface area contributed by atoms with E-state index in [9.17, 15) is 9.59 Å². The van der Waals surface area contributed by atoms with Crippen molar-refractivity contribution < 1.29 is 9.59 Å². The molecule has 2 fully saturated rings. The molecule has 1 unspecified atom stereocenters. The normalized spacial score (nSPS) is 20.8. The van der Waals surface area contributed by atoms with Crippen LogP contribution in [-0.2, 0) is 9.59 Å². The Hall–Kier alpha value is -1.75. The van der Waals surface area contributed by atoms with Crippen molar-refractivity contribution in [1.29, 1.82) is 0 Å². The van der Waals surface area contributed by atoms with E-state index < -0.39 is 6.04 Å². The van der Waals surface area contributed by atoms with Gasteiger partial charge in [-0.15, -0.1) is 0 Å². The van der Waals surface area contributed by atoms with Gasteiger partial charge in [0.15, 0.2) is 0 Å². The van der Waals surface area contributed by atoms with Crippen LogP contribution in [0.4, 0.5) is 5.69 Å². The Morgan fingerprint density at radius 1 is 1.10 bits per heavy atom. The maximum Gasteiger partial charge on any atom is 0.245 e. The first kappa shape index (κ1) is 21.9. The van der Waals surface area contributed by atoms with Crippen LogP contribution in [0.2, 0.25) is 5.02 Å². The van der Waals surface area contributed by atoms with E-state index in [1.807, 2.05) is 43.0 Å². The second-order valence-electron chi connectivity index (χ2n) is 9.41. The highest BCUT2D eigenvalue weighted by Gasteiger charge is 2.39. The second-order valence-corrected chi connectivity index (χ2v) is 9.85. The molecule has 1 N–H and O–H groups in total. The van der Waals surface area contributed by atoms with E-state index in [0.717, 1.165) is 42.9 Å². The number of halogens is 1. The number of carbonyl (C=O) groups excluding carboxylic acids is 2. The highest BCUT2D eigenvalue weighted by Crippen LogP contribution is 2.30.